The standard InChI is InChI=1S/C18H18ClFN2O2/c1-12(14-5-3-6-15(19)10-14)22-18(24)11-21-17(23)9-13-4-2-7-16(20)8-13/h2-8,10,12H,9,11H2,1H3,(H,21,23)(H,22,24)/t12-/m1/s1. The summed E-state index contributed by atoms with van der Waals surface area (Å²) in [5.74, 6) is -1.05. The van der Waals surface area contributed by atoms with Gasteiger partial charge < -0.3 is 10.6 Å². The van der Waals surface area contributed by atoms with E-state index in [4.69, 9.17) is 11.6 Å². The molecule has 2 amide bonds. The Kier molecular flexibility index (Phi) is 6.32. The molecule has 2 rings (SSSR count). The van der Waals surface area contributed by atoms with Crippen molar-refractivity contribution in [2.75, 3.05) is 6.54 Å². The van der Waals surface area contributed by atoms with Gasteiger partial charge in [-0.05, 0) is 42.3 Å². The molecule has 0 aromatic heterocycles. The highest BCUT2D eigenvalue weighted by Gasteiger charge is 2.11. The molecule has 0 spiro atoms. The Morgan fingerprint density at radius 2 is 1.88 bits per heavy atom. The molecular formula is C18H18ClFN2O2. The molecule has 0 aliphatic rings. The molecule has 4 nitrogen and oxygen atoms in total. The Labute approximate surface area is 145 Å². The Balaban J connectivity index is 1.79. The van der Waals surface area contributed by atoms with Gasteiger partial charge in [0.15, 0.2) is 0 Å². The van der Waals surface area contributed by atoms with Crippen LogP contribution in [0.1, 0.15) is 24.1 Å². The SMILES string of the molecule is C[C@@H](NC(=O)CNC(=O)Cc1cccc(F)c1)c1cccc(Cl)c1. The summed E-state index contributed by atoms with van der Waals surface area (Å²) in [5, 5.41) is 5.89. The molecule has 6 heteroatoms. The van der Waals surface area contributed by atoms with E-state index in [0.29, 0.717) is 10.6 Å². The van der Waals surface area contributed by atoms with E-state index in [1.165, 1.54) is 18.2 Å². The van der Waals surface area contributed by atoms with E-state index in [1.807, 2.05) is 13.0 Å². The Morgan fingerprint density at radius 1 is 1.12 bits per heavy atom. The van der Waals surface area contributed by atoms with Crippen LogP contribution in [0, 0.1) is 5.82 Å². The zero-order valence-corrected chi connectivity index (χ0v) is 13.9. The van der Waals surface area contributed by atoms with Crippen LogP contribution in [0.2, 0.25) is 5.02 Å². The number of carbonyl (C=O) groups excluding carboxylic acids is 2. The summed E-state index contributed by atoms with van der Waals surface area (Å²) in [7, 11) is 0. The van der Waals surface area contributed by atoms with Gasteiger partial charge in [-0.3, -0.25) is 9.59 Å². The first-order valence-electron chi connectivity index (χ1n) is 7.50. The predicted molar refractivity (Wildman–Crippen MR) is 91.1 cm³/mol. The summed E-state index contributed by atoms with van der Waals surface area (Å²) >= 11 is 5.92. The summed E-state index contributed by atoms with van der Waals surface area (Å²) in [4.78, 5) is 23.7. The van der Waals surface area contributed by atoms with Gasteiger partial charge in [0.1, 0.15) is 5.82 Å². The third kappa shape index (κ3) is 5.66. The Morgan fingerprint density at radius 3 is 2.58 bits per heavy atom. The summed E-state index contributed by atoms with van der Waals surface area (Å²) in [6, 6.07) is 12.8. The molecule has 24 heavy (non-hydrogen) atoms. The molecule has 2 N–H and O–H groups in total. The lowest BCUT2D eigenvalue weighted by Crippen LogP contribution is -2.38. The zero-order valence-electron chi connectivity index (χ0n) is 13.2. The van der Waals surface area contributed by atoms with Crippen molar-refractivity contribution in [1.82, 2.24) is 10.6 Å². The molecule has 0 fully saturated rings. The highest BCUT2D eigenvalue weighted by Crippen LogP contribution is 2.17. The maximum absolute atomic E-state index is 13.1. The van der Waals surface area contributed by atoms with Gasteiger partial charge in [-0.1, -0.05) is 35.9 Å². The molecular weight excluding hydrogens is 331 g/mol. The van der Waals surface area contributed by atoms with E-state index in [0.717, 1.165) is 5.56 Å². The zero-order chi connectivity index (χ0) is 17.5. The smallest absolute Gasteiger partial charge is 0.239 e. The van der Waals surface area contributed by atoms with Crippen LogP contribution in [0.25, 0.3) is 0 Å². The summed E-state index contributed by atoms with van der Waals surface area (Å²) in [6.07, 6.45) is 0.0227. The number of hydrogen-bond donors (Lipinski definition) is 2. The van der Waals surface area contributed by atoms with Gasteiger partial charge in [0, 0.05) is 5.02 Å². The minimum Gasteiger partial charge on any atom is -0.348 e. The van der Waals surface area contributed by atoms with Crippen LogP contribution in [-0.2, 0) is 16.0 Å². The van der Waals surface area contributed by atoms with Crippen molar-refractivity contribution in [3.05, 3.63) is 70.5 Å². The second kappa shape index (κ2) is 8.45. The molecule has 0 saturated carbocycles. The fourth-order valence-electron chi connectivity index (χ4n) is 2.23. The summed E-state index contributed by atoms with van der Waals surface area (Å²) in [5.41, 5.74) is 1.43. The van der Waals surface area contributed by atoms with Crippen LogP contribution < -0.4 is 10.6 Å². The first kappa shape index (κ1) is 17.9. The van der Waals surface area contributed by atoms with Crippen molar-refractivity contribution in [2.45, 2.75) is 19.4 Å². The minimum absolute atomic E-state index is 0.0227. The van der Waals surface area contributed by atoms with Crippen molar-refractivity contribution < 1.29 is 14.0 Å². The molecule has 0 aliphatic carbocycles. The average Bonchev–Trinajstić information content (AvgIpc) is 2.53. The van der Waals surface area contributed by atoms with E-state index in [-0.39, 0.29) is 30.8 Å². The molecule has 0 aliphatic heterocycles. The third-order valence-electron chi connectivity index (χ3n) is 3.43. The maximum Gasteiger partial charge on any atom is 0.239 e. The van der Waals surface area contributed by atoms with E-state index in [9.17, 15) is 14.0 Å². The van der Waals surface area contributed by atoms with E-state index in [2.05, 4.69) is 10.6 Å². The minimum atomic E-state index is -0.395. The van der Waals surface area contributed by atoms with Gasteiger partial charge >= 0.3 is 0 Å². The van der Waals surface area contributed by atoms with Crippen molar-refractivity contribution >= 4 is 23.4 Å². The molecule has 0 saturated heterocycles. The molecule has 126 valence electrons. The third-order valence-corrected chi connectivity index (χ3v) is 3.66. The monoisotopic (exact) mass is 348 g/mol. The van der Waals surface area contributed by atoms with Gasteiger partial charge in [0.2, 0.25) is 11.8 Å². The summed E-state index contributed by atoms with van der Waals surface area (Å²) in [6.45, 7) is 1.69. The average molecular weight is 349 g/mol. The normalized spacial score (nSPS) is 11.6. The Bertz CT molecular complexity index is 736. The van der Waals surface area contributed by atoms with E-state index < -0.39 is 5.82 Å². The van der Waals surface area contributed by atoms with Crippen LogP contribution in [0.3, 0.4) is 0 Å². The van der Waals surface area contributed by atoms with E-state index in [1.54, 1.807) is 24.3 Å². The topological polar surface area (TPSA) is 58.2 Å². The first-order chi connectivity index (χ1) is 11.4. The van der Waals surface area contributed by atoms with Crippen molar-refractivity contribution in [1.29, 1.82) is 0 Å². The van der Waals surface area contributed by atoms with E-state index >= 15 is 0 Å². The van der Waals surface area contributed by atoms with Gasteiger partial charge in [0.25, 0.3) is 0 Å². The molecule has 0 radical (unpaired) electrons. The lowest BCUT2D eigenvalue weighted by Gasteiger charge is -2.15. The van der Waals surface area contributed by atoms with Crippen LogP contribution in [0.4, 0.5) is 4.39 Å². The van der Waals surface area contributed by atoms with Crippen molar-refractivity contribution in [3.63, 3.8) is 0 Å². The molecule has 2 aromatic carbocycles. The maximum atomic E-state index is 13.1. The second-order valence-electron chi connectivity index (χ2n) is 5.43. The highest BCUT2D eigenvalue weighted by atomic mass is 35.5. The number of halogens is 2. The molecule has 2 aromatic rings. The van der Waals surface area contributed by atoms with Crippen molar-refractivity contribution in [3.8, 4) is 0 Å². The highest BCUT2D eigenvalue weighted by molar-refractivity contribution is 6.30. The molecule has 0 bridgehead atoms. The molecule has 1 atom stereocenters. The predicted octanol–water partition coefficient (Wildman–Crippen LogP) is 3.02. The number of carbonyl (C=O) groups is 2. The van der Waals surface area contributed by atoms with Gasteiger partial charge in [-0.25, -0.2) is 4.39 Å². The quantitative estimate of drug-likeness (QED) is 0.843. The van der Waals surface area contributed by atoms with Crippen LogP contribution in [0.5, 0.6) is 0 Å². The fourth-order valence-corrected chi connectivity index (χ4v) is 2.42. The largest absolute Gasteiger partial charge is 0.348 e. The van der Waals surface area contributed by atoms with Crippen molar-refractivity contribution in [2.24, 2.45) is 0 Å². The van der Waals surface area contributed by atoms with Crippen LogP contribution in [-0.4, -0.2) is 18.4 Å². The first-order valence-corrected chi connectivity index (χ1v) is 7.88. The van der Waals surface area contributed by atoms with Gasteiger partial charge in [-0.2, -0.15) is 0 Å². The number of hydrogen-bond acceptors (Lipinski definition) is 2. The second-order valence-corrected chi connectivity index (χ2v) is 5.86. The van der Waals surface area contributed by atoms with Gasteiger partial charge in [-0.15, -0.1) is 0 Å². The number of benzene rings is 2. The molecule has 0 unspecified atom stereocenters. The lowest BCUT2D eigenvalue weighted by molar-refractivity contribution is -0.126. The lowest BCUT2D eigenvalue weighted by atomic mass is 10.1. The number of nitrogens with one attached hydrogen (secondary N) is 2. The molecule has 0 heterocycles. The summed E-state index contributed by atoms with van der Waals surface area (Å²) < 4.78 is 13.1. The fraction of sp³-hybridized carbons (Fsp3) is 0.222. The number of amides is 2. The van der Waals surface area contributed by atoms with Crippen LogP contribution >= 0.6 is 11.6 Å². The van der Waals surface area contributed by atoms with Crippen LogP contribution in [0.15, 0.2) is 48.5 Å². The Hall–Kier alpha value is -2.40. The number of rotatable bonds is 6. The van der Waals surface area contributed by atoms with Gasteiger partial charge in [0.05, 0.1) is 19.0 Å².